The highest BCUT2D eigenvalue weighted by Crippen LogP contribution is 2.25. The number of aliphatic hydroxyl groups is 1. The molecule has 94 valence electrons. The molecule has 17 heavy (non-hydrogen) atoms. The first-order valence-electron chi connectivity index (χ1n) is 5.47. The van der Waals surface area contributed by atoms with E-state index in [1.807, 2.05) is 30.0 Å². The van der Waals surface area contributed by atoms with Gasteiger partial charge in [0.2, 0.25) is 5.91 Å². The zero-order chi connectivity index (χ0) is 12.8. The Morgan fingerprint density at radius 2 is 2.24 bits per heavy atom. The van der Waals surface area contributed by atoms with Crippen LogP contribution in [-0.4, -0.2) is 31.2 Å². The van der Waals surface area contributed by atoms with Crippen LogP contribution in [0.1, 0.15) is 12.5 Å². The molecule has 0 saturated heterocycles. The van der Waals surface area contributed by atoms with Gasteiger partial charge in [-0.3, -0.25) is 4.79 Å². The van der Waals surface area contributed by atoms with Gasteiger partial charge in [0.1, 0.15) is 0 Å². The monoisotopic (exact) mass is 300 g/mol. The summed E-state index contributed by atoms with van der Waals surface area (Å²) in [6.45, 7) is 2.94. The molecule has 0 bridgehead atoms. The van der Waals surface area contributed by atoms with Crippen LogP contribution in [0.15, 0.2) is 22.7 Å². The Morgan fingerprint density at radius 1 is 1.53 bits per heavy atom. The summed E-state index contributed by atoms with van der Waals surface area (Å²) in [5.41, 5.74) is 1.70. The molecule has 5 heteroatoms. The smallest absolute Gasteiger partial charge is 0.239 e. The fourth-order valence-electron chi connectivity index (χ4n) is 1.58. The molecule has 4 nitrogen and oxygen atoms in total. The summed E-state index contributed by atoms with van der Waals surface area (Å²) in [5, 5.41) is 11.9. The van der Waals surface area contributed by atoms with Crippen LogP contribution in [-0.2, 0) is 11.4 Å². The highest BCUT2D eigenvalue weighted by molar-refractivity contribution is 9.10. The molecule has 0 spiro atoms. The molecule has 0 saturated carbocycles. The first kappa shape index (κ1) is 14.0. The number of anilines is 1. The molecule has 1 aromatic rings. The van der Waals surface area contributed by atoms with Crippen molar-refractivity contribution in [2.24, 2.45) is 0 Å². The number of hydrogen-bond donors (Lipinski definition) is 2. The van der Waals surface area contributed by atoms with E-state index in [1.54, 1.807) is 7.05 Å². The molecule has 0 aliphatic rings. The highest BCUT2D eigenvalue weighted by Gasteiger charge is 2.12. The number of halogens is 1. The molecular formula is C12H17BrN2O2. The van der Waals surface area contributed by atoms with Gasteiger partial charge in [-0.2, -0.15) is 0 Å². The average molecular weight is 301 g/mol. The lowest BCUT2D eigenvalue weighted by molar-refractivity contribution is -0.119. The number of nitrogens with zero attached hydrogens (tertiary/aromatic N) is 1. The van der Waals surface area contributed by atoms with E-state index < -0.39 is 0 Å². The average Bonchev–Trinajstić information content (AvgIpc) is 2.35. The van der Waals surface area contributed by atoms with Crippen LogP contribution in [0.4, 0.5) is 5.69 Å². The Morgan fingerprint density at radius 3 is 2.76 bits per heavy atom. The molecule has 1 amide bonds. The Balaban J connectivity index is 3.01. The first-order chi connectivity index (χ1) is 8.12. The summed E-state index contributed by atoms with van der Waals surface area (Å²) in [7, 11) is 1.62. The number of likely N-dealkylation sites (N-methyl/N-ethyl adjacent to an activating group) is 2. The van der Waals surface area contributed by atoms with E-state index in [9.17, 15) is 9.90 Å². The number of benzene rings is 1. The van der Waals surface area contributed by atoms with Crippen molar-refractivity contribution in [2.75, 3.05) is 25.0 Å². The molecule has 1 rings (SSSR count). The van der Waals surface area contributed by atoms with Crippen molar-refractivity contribution >= 4 is 27.5 Å². The van der Waals surface area contributed by atoms with Crippen molar-refractivity contribution in [2.45, 2.75) is 13.5 Å². The minimum absolute atomic E-state index is 0.0349. The number of amides is 1. The van der Waals surface area contributed by atoms with Gasteiger partial charge in [-0.15, -0.1) is 0 Å². The van der Waals surface area contributed by atoms with Crippen molar-refractivity contribution in [3.8, 4) is 0 Å². The van der Waals surface area contributed by atoms with E-state index >= 15 is 0 Å². The third kappa shape index (κ3) is 3.71. The number of carbonyl (C=O) groups is 1. The second kappa shape index (κ2) is 6.61. The topological polar surface area (TPSA) is 52.6 Å². The molecule has 0 heterocycles. The summed E-state index contributed by atoms with van der Waals surface area (Å²) < 4.78 is 0.931. The fraction of sp³-hybridized carbons (Fsp3) is 0.417. The Bertz CT molecular complexity index is 396. The predicted molar refractivity (Wildman–Crippen MR) is 72.0 cm³/mol. The summed E-state index contributed by atoms with van der Waals surface area (Å²) in [6, 6.07) is 5.65. The lowest BCUT2D eigenvalue weighted by atomic mass is 10.1. The molecule has 0 aromatic heterocycles. The van der Waals surface area contributed by atoms with Crippen molar-refractivity contribution in [3.63, 3.8) is 0 Å². The van der Waals surface area contributed by atoms with Crippen LogP contribution in [0, 0.1) is 0 Å². The van der Waals surface area contributed by atoms with Gasteiger partial charge in [0.25, 0.3) is 0 Å². The van der Waals surface area contributed by atoms with Gasteiger partial charge in [0, 0.05) is 29.3 Å². The lowest BCUT2D eigenvalue weighted by Crippen LogP contribution is -2.36. The van der Waals surface area contributed by atoms with E-state index in [0.717, 1.165) is 15.7 Å². The van der Waals surface area contributed by atoms with Crippen molar-refractivity contribution in [1.82, 2.24) is 5.32 Å². The molecule has 0 fully saturated rings. The maximum Gasteiger partial charge on any atom is 0.239 e. The lowest BCUT2D eigenvalue weighted by Gasteiger charge is -2.24. The summed E-state index contributed by atoms with van der Waals surface area (Å²) in [5.74, 6) is -0.0456. The third-order valence-corrected chi connectivity index (χ3v) is 3.05. The summed E-state index contributed by atoms with van der Waals surface area (Å²) in [4.78, 5) is 13.3. The van der Waals surface area contributed by atoms with Gasteiger partial charge in [-0.05, 0) is 19.1 Å². The Labute approximate surface area is 110 Å². The van der Waals surface area contributed by atoms with Crippen LogP contribution in [0.5, 0.6) is 0 Å². The van der Waals surface area contributed by atoms with Crippen molar-refractivity contribution < 1.29 is 9.90 Å². The molecule has 0 unspecified atom stereocenters. The van der Waals surface area contributed by atoms with Gasteiger partial charge in [0.15, 0.2) is 0 Å². The number of carbonyl (C=O) groups excluding carboxylic acids is 1. The maximum atomic E-state index is 11.4. The van der Waals surface area contributed by atoms with Crippen LogP contribution < -0.4 is 10.2 Å². The highest BCUT2D eigenvalue weighted by atomic mass is 79.9. The second-order valence-corrected chi connectivity index (χ2v) is 4.53. The van der Waals surface area contributed by atoms with Crippen LogP contribution >= 0.6 is 15.9 Å². The predicted octanol–water partition coefficient (Wildman–Crippen LogP) is 1.51. The van der Waals surface area contributed by atoms with E-state index in [4.69, 9.17) is 0 Å². The van der Waals surface area contributed by atoms with E-state index in [0.29, 0.717) is 6.54 Å². The Kier molecular flexibility index (Phi) is 5.44. The number of hydrogen-bond acceptors (Lipinski definition) is 3. The summed E-state index contributed by atoms with van der Waals surface area (Å²) in [6.07, 6.45) is 0. The van der Waals surface area contributed by atoms with E-state index in [1.165, 1.54) is 0 Å². The van der Waals surface area contributed by atoms with Gasteiger partial charge in [-0.1, -0.05) is 22.0 Å². The molecule has 0 aliphatic carbocycles. The zero-order valence-electron chi connectivity index (χ0n) is 10.0. The zero-order valence-corrected chi connectivity index (χ0v) is 11.6. The SMILES string of the molecule is CCN(CC(=O)NC)c1cc(Br)ccc1CO. The normalized spacial score (nSPS) is 10.1. The van der Waals surface area contributed by atoms with Gasteiger partial charge in [-0.25, -0.2) is 0 Å². The van der Waals surface area contributed by atoms with Gasteiger partial charge in [0.05, 0.1) is 13.2 Å². The molecule has 0 aliphatic heterocycles. The van der Waals surface area contributed by atoms with Crippen LogP contribution in [0.25, 0.3) is 0 Å². The van der Waals surface area contributed by atoms with Crippen LogP contribution in [0.3, 0.4) is 0 Å². The molecule has 1 aromatic carbocycles. The number of nitrogens with one attached hydrogen (secondary N) is 1. The molecule has 0 atom stereocenters. The molecule has 0 radical (unpaired) electrons. The third-order valence-electron chi connectivity index (χ3n) is 2.55. The van der Waals surface area contributed by atoms with Gasteiger partial charge >= 0.3 is 0 Å². The summed E-state index contributed by atoms with van der Waals surface area (Å²) >= 11 is 3.40. The molecule has 2 N–H and O–H groups in total. The fourth-order valence-corrected chi connectivity index (χ4v) is 1.93. The maximum absolute atomic E-state index is 11.4. The number of aliphatic hydroxyl groups excluding tert-OH is 1. The second-order valence-electron chi connectivity index (χ2n) is 3.62. The largest absolute Gasteiger partial charge is 0.392 e. The van der Waals surface area contributed by atoms with Crippen molar-refractivity contribution in [3.05, 3.63) is 28.2 Å². The van der Waals surface area contributed by atoms with Crippen LogP contribution in [0.2, 0.25) is 0 Å². The van der Waals surface area contributed by atoms with E-state index in [-0.39, 0.29) is 19.1 Å². The minimum Gasteiger partial charge on any atom is -0.392 e. The standard InChI is InChI=1S/C12H17BrN2O2/c1-3-15(7-12(17)14-2)11-6-10(13)5-4-9(11)8-16/h4-6,16H,3,7-8H2,1-2H3,(H,14,17). The van der Waals surface area contributed by atoms with Crippen molar-refractivity contribution in [1.29, 1.82) is 0 Å². The van der Waals surface area contributed by atoms with E-state index in [2.05, 4.69) is 21.2 Å². The first-order valence-corrected chi connectivity index (χ1v) is 6.26. The number of rotatable bonds is 5. The quantitative estimate of drug-likeness (QED) is 0.867. The van der Waals surface area contributed by atoms with Gasteiger partial charge < -0.3 is 15.3 Å². The minimum atomic E-state index is -0.0456. The Hall–Kier alpha value is -1.07. The molecular weight excluding hydrogens is 284 g/mol.